The maximum Gasteiger partial charge on any atom is 0.171 e. The molecule has 1 heterocycles. The third-order valence-electron chi connectivity index (χ3n) is 2.71. The van der Waals surface area contributed by atoms with Crippen molar-refractivity contribution < 1.29 is 9.47 Å². The third-order valence-corrected chi connectivity index (χ3v) is 2.71. The molecule has 2 N–H and O–H groups in total. The minimum absolute atomic E-state index is 0.257. The molecule has 0 aliphatic carbocycles. The van der Waals surface area contributed by atoms with E-state index in [-0.39, 0.29) is 5.84 Å². The van der Waals surface area contributed by atoms with Crippen LogP contribution >= 0.6 is 0 Å². The minimum Gasteiger partial charge on any atom is -0.493 e. The van der Waals surface area contributed by atoms with Gasteiger partial charge in [-0.25, -0.2) is 0 Å². The van der Waals surface area contributed by atoms with Crippen molar-refractivity contribution in [3.05, 3.63) is 53.9 Å². The average molecular weight is 284 g/mol. The highest BCUT2D eigenvalue weighted by molar-refractivity contribution is 5.95. The van der Waals surface area contributed by atoms with Crippen molar-refractivity contribution in [1.82, 2.24) is 4.98 Å². The second-order valence-electron chi connectivity index (χ2n) is 4.06. The average Bonchev–Trinajstić information content (AvgIpc) is 2.55. The van der Waals surface area contributed by atoms with Gasteiger partial charge in [-0.1, -0.05) is 6.07 Å². The highest BCUT2D eigenvalue weighted by Crippen LogP contribution is 2.26. The molecule has 21 heavy (non-hydrogen) atoms. The summed E-state index contributed by atoms with van der Waals surface area (Å²) in [5.41, 5.74) is 7.20. The van der Waals surface area contributed by atoms with Crippen LogP contribution in [0.4, 0.5) is 0 Å². The summed E-state index contributed by atoms with van der Waals surface area (Å²) >= 11 is 0. The lowest BCUT2D eigenvalue weighted by Crippen LogP contribution is -2.14. The third kappa shape index (κ3) is 3.79. The van der Waals surface area contributed by atoms with E-state index in [1.165, 1.54) is 0 Å². The fourth-order valence-electron chi connectivity index (χ4n) is 1.66. The molecule has 0 radical (unpaired) electrons. The normalized spacial score (nSPS) is 11.6. The largest absolute Gasteiger partial charge is 0.493 e. The Kier molecular flexibility index (Phi) is 4.87. The van der Waals surface area contributed by atoms with Gasteiger partial charge in [0.25, 0.3) is 0 Å². The van der Waals surface area contributed by atoms with Gasteiger partial charge in [0, 0.05) is 6.20 Å². The SMILES string of the molecule is COc1ccc(/C=N/N=C(\N)c2ccccn2)cc1OC. The van der Waals surface area contributed by atoms with Crippen LogP contribution in [0.25, 0.3) is 0 Å². The van der Waals surface area contributed by atoms with Crippen molar-refractivity contribution in [1.29, 1.82) is 0 Å². The monoisotopic (exact) mass is 284 g/mol. The van der Waals surface area contributed by atoms with Gasteiger partial charge in [-0.15, -0.1) is 5.10 Å². The predicted molar refractivity (Wildman–Crippen MR) is 82.1 cm³/mol. The molecule has 6 nitrogen and oxygen atoms in total. The zero-order chi connectivity index (χ0) is 15.1. The van der Waals surface area contributed by atoms with Gasteiger partial charge >= 0.3 is 0 Å². The Morgan fingerprint density at radius 2 is 1.95 bits per heavy atom. The van der Waals surface area contributed by atoms with Gasteiger partial charge in [-0.05, 0) is 35.9 Å². The van der Waals surface area contributed by atoms with Crippen molar-refractivity contribution in [3.63, 3.8) is 0 Å². The molecule has 108 valence electrons. The smallest absolute Gasteiger partial charge is 0.171 e. The summed E-state index contributed by atoms with van der Waals surface area (Å²) in [7, 11) is 3.17. The molecule has 0 aliphatic heterocycles. The summed E-state index contributed by atoms with van der Waals surface area (Å²) in [6.45, 7) is 0. The van der Waals surface area contributed by atoms with E-state index in [1.807, 2.05) is 18.2 Å². The highest BCUT2D eigenvalue weighted by Gasteiger charge is 2.03. The molecule has 0 atom stereocenters. The van der Waals surface area contributed by atoms with Gasteiger partial charge in [0.2, 0.25) is 0 Å². The fourth-order valence-corrected chi connectivity index (χ4v) is 1.66. The Hall–Kier alpha value is -2.89. The topological polar surface area (TPSA) is 82.1 Å². The summed E-state index contributed by atoms with van der Waals surface area (Å²) in [6.07, 6.45) is 3.23. The lowest BCUT2D eigenvalue weighted by Gasteiger charge is -2.07. The van der Waals surface area contributed by atoms with Crippen molar-refractivity contribution in [2.24, 2.45) is 15.9 Å². The number of ether oxygens (including phenoxy) is 2. The number of hydrogen-bond donors (Lipinski definition) is 1. The zero-order valence-corrected chi connectivity index (χ0v) is 11.9. The molecule has 0 saturated heterocycles. The number of rotatable bonds is 5. The van der Waals surface area contributed by atoms with E-state index in [0.717, 1.165) is 5.56 Å². The van der Waals surface area contributed by atoms with Crippen LogP contribution in [0, 0.1) is 0 Å². The molecule has 0 spiro atoms. The maximum atomic E-state index is 5.79. The van der Waals surface area contributed by atoms with E-state index in [4.69, 9.17) is 15.2 Å². The van der Waals surface area contributed by atoms with Crippen LogP contribution in [0.15, 0.2) is 52.8 Å². The Labute approximate surface area is 122 Å². The molecule has 2 aromatic rings. The van der Waals surface area contributed by atoms with E-state index >= 15 is 0 Å². The van der Waals surface area contributed by atoms with Crippen LogP contribution in [0.5, 0.6) is 11.5 Å². The standard InChI is InChI=1S/C15H16N4O2/c1-20-13-7-6-11(9-14(13)21-2)10-18-19-15(16)12-5-3-4-8-17-12/h3-10H,1-2H3,(H2,16,19)/b18-10+. The quantitative estimate of drug-likeness (QED) is 0.516. The number of nitrogens with zero attached hydrogens (tertiary/aromatic N) is 3. The molecule has 0 fully saturated rings. The van der Waals surface area contributed by atoms with E-state index < -0.39 is 0 Å². The molecule has 1 aromatic carbocycles. The van der Waals surface area contributed by atoms with Crippen LogP contribution in [-0.2, 0) is 0 Å². The number of amidine groups is 1. The summed E-state index contributed by atoms with van der Waals surface area (Å²) in [5, 5.41) is 7.87. The second kappa shape index (κ2) is 7.04. The van der Waals surface area contributed by atoms with Gasteiger partial charge < -0.3 is 15.2 Å². The molecule has 0 saturated carbocycles. The molecule has 1 aromatic heterocycles. The van der Waals surface area contributed by atoms with Gasteiger partial charge in [-0.2, -0.15) is 5.10 Å². The molecule has 0 bridgehead atoms. The molecule has 0 aliphatic rings. The summed E-state index contributed by atoms with van der Waals surface area (Å²) in [6, 6.07) is 10.9. The van der Waals surface area contributed by atoms with Gasteiger partial charge in [-0.3, -0.25) is 4.98 Å². The fraction of sp³-hybridized carbons (Fsp3) is 0.133. The van der Waals surface area contributed by atoms with Crippen molar-refractivity contribution in [2.75, 3.05) is 14.2 Å². The zero-order valence-electron chi connectivity index (χ0n) is 11.9. The van der Waals surface area contributed by atoms with Crippen LogP contribution in [0.3, 0.4) is 0 Å². The second-order valence-corrected chi connectivity index (χ2v) is 4.06. The van der Waals surface area contributed by atoms with Gasteiger partial charge in [0.05, 0.1) is 20.4 Å². The van der Waals surface area contributed by atoms with E-state index in [9.17, 15) is 0 Å². The van der Waals surface area contributed by atoms with Crippen LogP contribution in [-0.4, -0.2) is 31.3 Å². The lowest BCUT2D eigenvalue weighted by atomic mass is 10.2. The number of methoxy groups -OCH3 is 2. The first-order valence-electron chi connectivity index (χ1n) is 6.24. The molecule has 6 heteroatoms. The minimum atomic E-state index is 0.257. The molecule has 2 rings (SSSR count). The molecular weight excluding hydrogens is 268 g/mol. The summed E-state index contributed by atoms with van der Waals surface area (Å²) in [4.78, 5) is 4.09. The molecule has 0 amide bonds. The Balaban J connectivity index is 2.14. The Bertz CT molecular complexity index is 654. The van der Waals surface area contributed by atoms with Crippen molar-refractivity contribution in [3.8, 4) is 11.5 Å². The first kappa shape index (κ1) is 14.5. The van der Waals surface area contributed by atoms with Crippen LogP contribution < -0.4 is 15.2 Å². The van der Waals surface area contributed by atoms with Crippen molar-refractivity contribution in [2.45, 2.75) is 0 Å². The molecule has 0 unspecified atom stereocenters. The highest BCUT2D eigenvalue weighted by atomic mass is 16.5. The number of nitrogens with two attached hydrogens (primary N) is 1. The number of hydrogen-bond acceptors (Lipinski definition) is 5. The number of aromatic nitrogens is 1. The summed E-state index contributed by atoms with van der Waals surface area (Å²) < 4.78 is 10.4. The number of benzene rings is 1. The van der Waals surface area contributed by atoms with E-state index in [0.29, 0.717) is 17.2 Å². The van der Waals surface area contributed by atoms with Crippen LogP contribution in [0.1, 0.15) is 11.3 Å². The Morgan fingerprint density at radius 1 is 1.14 bits per heavy atom. The number of pyridine rings is 1. The first-order chi connectivity index (χ1) is 10.2. The predicted octanol–water partition coefficient (Wildman–Crippen LogP) is 1.84. The van der Waals surface area contributed by atoms with Gasteiger partial charge in [0.15, 0.2) is 17.3 Å². The van der Waals surface area contributed by atoms with Crippen LogP contribution in [0.2, 0.25) is 0 Å². The maximum absolute atomic E-state index is 5.79. The van der Waals surface area contributed by atoms with E-state index in [1.54, 1.807) is 44.8 Å². The lowest BCUT2D eigenvalue weighted by molar-refractivity contribution is 0.355. The van der Waals surface area contributed by atoms with E-state index in [2.05, 4.69) is 15.2 Å². The Morgan fingerprint density at radius 3 is 2.62 bits per heavy atom. The van der Waals surface area contributed by atoms with Gasteiger partial charge in [0.1, 0.15) is 5.69 Å². The molecular formula is C15H16N4O2. The first-order valence-corrected chi connectivity index (χ1v) is 6.24. The van der Waals surface area contributed by atoms with Crippen molar-refractivity contribution >= 4 is 12.1 Å². The summed E-state index contributed by atoms with van der Waals surface area (Å²) in [5.74, 6) is 1.54.